The first-order valence-corrected chi connectivity index (χ1v) is 3.01. The van der Waals surface area contributed by atoms with E-state index >= 15 is 0 Å². The third kappa shape index (κ3) is 1.41. The Bertz CT molecular complexity index is 245. The molecule has 4 nitrogen and oxygen atoms in total. The summed E-state index contributed by atoms with van der Waals surface area (Å²) in [5.74, 6) is 0. The molecule has 0 saturated heterocycles. The summed E-state index contributed by atoms with van der Waals surface area (Å²) in [5.41, 5.74) is 5.97. The second-order valence-corrected chi connectivity index (χ2v) is 2.13. The monoisotopic (exact) mass is 139 g/mol. The van der Waals surface area contributed by atoms with Gasteiger partial charge in [-0.05, 0) is 13.0 Å². The summed E-state index contributed by atoms with van der Waals surface area (Å²) in [6, 6.07) is 2.90. The molecule has 54 valence electrons. The Morgan fingerprint density at radius 2 is 2.40 bits per heavy atom. The molecular weight excluding hydrogens is 130 g/mol. The number of nitrogens with two attached hydrogens (primary N) is 1. The van der Waals surface area contributed by atoms with Gasteiger partial charge in [0.25, 0.3) is 5.56 Å². The van der Waals surface area contributed by atoms with Crippen molar-refractivity contribution in [3.05, 3.63) is 28.2 Å². The number of hydrogen-bond donors (Lipinski definition) is 2. The van der Waals surface area contributed by atoms with Crippen LogP contribution in [0.1, 0.15) is 18.7 Å². The van der Waals surface area contributed by atoms with Crippen molar-refractivity contribution in [2.24, 2.45) is 5.73 Å². The summed E-state index contributed by atoms with van der Waals surface area (Å²) >= 11 is 0. The van der Waals surface area contributed by atoms with Gasteiger partial charge in [-0.3, -0.25) is 4.79 Å². The van der Waals surface area contributed by atoms with Gasteiger partial charge in [0.2, 0.25) is 0 Å². The van der Waals surface area contributed by atoms with Crippen LogP contribution in [0.2, 0.25) is 0 Å². The third-order valence-corrected chi connectivity index (χ3v) is 1.17. The molecule has 1 aromatic heterocycles. The van der Waals surface area contributed by atoms with Crippen LogP contribution in [0.4, 0.5) is 0 Å². The fraction of sp³-hybridized carbons (Fsp3) is 0.333. The van der Waals surface area contributed by atoms with Gasteiger partial charge >= 0.3 is 0 Å². The molecule has 0 radical (unpaired) electrons. The molecule has 0 aliphatic rings. The fourth-order valence-electron chi connectivity index (χ4n) is 0.609. The topological polar surface area (TPSA) is 71.8 Å². The number of rotatable bonds is 1. The van der Waals surface area contributed by atoms with Gasteiger partial charge in [0, 0.05) is 12.1 Å². The average Bonchev–Trinajstić information content (AvgIpc) is 1.88. The highest BCUT2D eigenvalue weighted by Gasteiger charge is 1.98. The normalized spacial score (nSPS) is 13.0. The average molecular weight is 139 g/mol. The standard InChI is InChI=1S/C6H9N3O/c1-4(7)5-2-3-6(10)9-8-5/h2-4H,7H2,1H3,(H,9,10). The SMILES string of the molecule is CC(N)c1ccc(=O)[nH]n1. The molecule has 0 saturated carbocycles. The first-order chi connectivity index (χ1) is 4.70. The second-order valence-electron chi connectivity index (χ2n) is 2.13. The van der Waals surface area contributed by atoms with Gasteiger partial charge in [0.05, 0.1) is 5.69 Å². The molecule has 1 atom stereocenters. The molecule has 1 aromatic rings. The fourth-order valence-corrected chi connectivity index (χ4v) is 0.609. The van der Waals surface area contributed by atoms with Crippen molar-refractivity contribution in [1.29, 1.82) is 0 Å². The van der Waals surface area contributed by atoms with Crippen molar-refractivity contribution in [1.82, 2.24) is 10.2 Å². The smallest absolute Gasteiger partial charge is 0.264 e. The zero-order valence-electron chi connectivity index (χ0n) is 5.66. The molecular formula is C6H9N3O. The number of H-pyrrole nitrogens is 1. The van der Waals surface area contributed by atoms with Crippen LogP contribution in [-0.2, 0) is 0 Å². The Kier molecular flexibility index (Phi) is 1.82. The third-order valence-electron chi connectivity index (χ3n) is 1.17. The van der Waals surface area contributed by atoms with Crippen molar-refractivity contribution >= 4 is 0 Å². The summed E-state index contributed by atoms with van der Waals surface area (Å²) in [4.78, 5) is 10.5. The van der Waals surface area contributed by atoms with Crippen molar-refractivity contribution in [2.45, 2.75) is 13.0 Å². The van der Waals surface area contributed by atoms with Crippen LogP contribution >= 0.6 is 0 Å². The number of hydrogen-bond acceptors (Lipinski definition) is 3. The number of nitrogens with one attached hydrogen (secondary N) is 1. The summed E-state index contributed by atoms with van der Waals surface area (Å²) in [5, 5.41) is 6.01. The minimum Gasteiger partial charge on any atom is -0.323 e. The molecule has 0 aliphatic heterocycles. The van der Waals surface area contributed by atoms with Crippen LogP contribution in [-0.4, -0.2) is 10.2 Å². The van der Waals surface area contributed by atoms with Crippen LogP contribution in [0.5, 0.6) is 0 Å². The molecule has 4 heteroatoms. The molecule has 0 aromatic carbocycles. The molecule has 0 fully saturated rings. The number of nitrogens with zero attached hydrogens (tertiary/aromatic N) is 1. The summed E-state index contributed by atoms with van der Waals surface area (Å²) < 4.78 is 0. The molecule has 0 aliphatic carbocycles. The molecule has 10 heavy (non-hydrogen) atoms. The van der Waals surface area contributed by atoms with Crippen molar-refractivity contribution < 1.29 is 0 Å². The lowest BCUT2D eigenvalue weighted by Crippen LogP contribution is -2.13. The van der Waals surface area contributed by atoms with Crippen LogP contribution in [0.3, 0.4) is 0 Å². The Balaban J connectivity index is 3.00. The second kappa shape index (κ2) is 2.62. The van der Waals surface area contributed by atoms with Crippen LogP contribution < -0.4 is 11.3 Å². The van der Waals surface area contributed by atoms with E-state index in [2.05, 4.69) is 10.2 Å². The van der Waals surface area contributed by atoms with E-state index in [4.69, 9.17) is 5.73 Å². The highest BCUT2D eigenvalue weighted by molar-refractivity contribution is 5.02. The van der Waals surface area contributed by atoms with Gasteiger partial charge < -0.3 is 5.73 Å². The van der Waals surface area contributed by atoms with Crippen LogP contribution in [0.25, 0.3) is 0 Å². The van der Waals surface area contributed by atoms with Gasteiger partial charge in [-0.15, -0.1) is 0 Å². The Morgan fingerprint density at radius 3 is 2.80 bits per heavy atom. The van der Waals surface area contributed by atoms with E-state index in [0.29, 0.717) is 5.69 Å². The quantitative estimate of drug-likeness (QED) is 0.565. The zero-order chi connectivity index (χ0) is 7.56. The first kappa shape index (κ1) is 6.95. The first-order valence-electron chi connectivity index (χ1n) is 3.01. The largest absolute Gasteiger partial charge is 0.323 e. The molecule has 0 amide bonds. The molecule has 1 unspecified atom stereocenters. The van der Waals surface area contributed by atoms with Crippen molar-refractivity contribution in [3.63, 3.8) is 0 Å². The molecule has 1 rings (SSSR count). The van der Waals surface area contributed by atoms with Crippen molar-refractivity contribution in [3.8, 4) is 0 Å². The highest BCUT2D eigenvalue weighted by atomic mass is 16.1. The lowest BCUT2D eigenvalue weighted by atomic mass is 10.2. The van der Waals surface area contributed by atoms with E-state index in [0.717, 1.165) is 0 Å². The Hall–Kier alpha value is -1.16. The maximum atomic E-state index is 10.5. The van der Waals surface area contributed by atoms with E-state index in [1.54, 1.807) is 13.0 Å². The minimum atomic E-state index is -0.204. The maximum absolute atomic E-state index is 10.5. The van der Waals surface area contributed by atoms with Gasteiger partial charge in [0.15, 0.2) is 0 Å². The van der Waals surface area contributed by atoms with E-state index in [-0.39, 0.29) is 11.6 Å². The number of aromatic nitrogens is 2. The Labute approximate surface area is 58.1 Å². The lowest BCUT2D eigenvalue weighted by molar-refractivity contribution is 0.746. The summed E-state index contributed by atoms with van der Waals surface area (Å²) in [7, 11) is 0. The molecule has 3 N–H and O–H groups in total. The molecule has 0 spiro atoms. The van der Waals surface area contributed by atoms with Gasteiger partial charge in [-0.1, -0.05) is 0 Å². The highest BCUT2D eigenvalue weighted by Crippen LogP contribution is 1.99. The Morgan fingerprint density at radius 1 is 1.70 bits per heavy atom. The van der Waals surface area contributed by atoms with Crippen LogP contribution in [0, 0.1) is 0 Å². The van der Waals surface area contributed by atoms with Gasteiger partial charge in [-0.2, -0.15) is 5.10 Å². The molecule has 1 heterocycles. The predicted molar refractivity (Wildman–Crippen MR) is 37.5 cm³/mol. The van der Waals surface area contributed by atoms with Gasteiger partial charge in [-0.25, -0.2) is 5.10 Å². The maximum Gasteiger partial charge on any atom is 0.264 e. The van der Waals surface area contributed by atoms with Crippen molar-refractivity contribution in [2.75, 3.05) is 0 Å². The lowest BCUT2D eigenvalue weighted by Gasteiger charge is -2.00. The minimum absolute atomic E-state index is 0.128. The van der Waals surface area contributed by atoms with E-state index in [1.807, 2.05) is 0 Å². The summed E-state index contributed by atoms with van der Waals surface area (Å²) in [6.07, 6.45) is 0. The van der Waals surface area contributed by atoms with E-state index < -0.39 is 0 Å². The van der Waals surface area contributed by atoms with E-state index in [9.17, 15) is 4.79 Å². The zero-order valence-corrected chi connectivity index (χ0v) is 5.66. The van der Waals surface area contributed by atoms with E-state index in [1.165, 1.54) is 6.07 Å². The summed E-state index contributed by atoms with van der Waals surface area (Å²) in [6.45, 7) is 1.81. The number of aromatic amines is 1. The van der Waals surface area contributed by atoms with Crippen LogP contribution in [0.15, 0.2) is 16.9 Å². The van der Waals surface area contributed by atoms with Gasteiger partial charge in [0.1, 0.15) is 0 Å². The molecule has 0 bridgehead atoms. The predicted octanol–water partition coefficient (Wildman–Crippen LogP) is -0.210.